The Morgan fingerprint density at radius 2 is 2.36 bits per heavy atom. The van der Waals surface area contributed by atoms with Gasteiger partial charge in [-0.05, 0) is 12.1 Å². The third-order valence-electron chi connectivity index (χ3n) is 3.92. The Hall–Kier alpha value is -2.38. The lowest BCUT2D eigenvalue weighted by Crippen LogP contribution is -2.42. The highest BCUT2D eigenvalue weighted by Crippen LogP contribution is 2.30. The molecule has 3 aromatic heterocycles. The summed E-state index contributed by atoms with van der Waals surface area (Å²) in [6.45, 7) is 3.30. The number of rotatable bonds is 3. The minimum absolute atomic E-state index is 0.175. The molecule has 1 atom stereocenters. The van der Waals surface area contributed by atoms with Crippen molar-refractivity contribution in [1.82, 2.24) is 20.3 Å². The Labute approximate surface area is 127 Å². The van der Waals surface area contributed by atoms with Crippen LogP contribution < -0.4 is 16.4 Å². The van der Waals surface area contributed by atoms with Crippen LogP contribution in [0.2, 0.25) is 0 Å². The molecule has 0 saturated carbocycles. The van der Waals surface area contributed by atoms with Gasteiger partial charge in [-0.3, -0.25) is 0 Å². The molecule has 5 N–H and O–H groups in total. The van der Waals surface area contributed by atoms with Crippen molar-refractivity contribution in [3.63, 3.8) is 0 Å². The molecule has 0 aliphatic carbocycles. The van der Waals surface area contributed by atoms with Crippen LogP contribution in [0.15, 0.2) is 24.5 Å². The van der Waals surface area contributed by atoms with Crippen LogP contribution >= 0.6 is 0 Å². The Bertz CT molecular complexity index is 808. The smallest absolute Gasteiger partial charge is 0.140 e. The average Bonchev–Trinajstić information content (AvgIpc) is 2.92. The molecule has 4 heterocycles. The molecule has 1 unspecified atom stereocenters. The SMILES string of the molecule is Nc1cc2c(cn1)[nH]c1nccc(NCC3CNCCO3)c12. The number of hydrogen-bond acceptors (Lipinski definition) is 6. The standard InChI is InChI=1S/C15H18N6O/c16-13-5-10-12(8-20-13)21-15-14(10)11(1-2-18-15)19-7-9-6-17-3-4-22-9/h1-2,5,8-9,17H,3-4,6-7H2,(H2,16,20)(H2,18,19,21). The molecule has 1 aliphatic rings. The van der Waals surface area contributed by atoms with Crippen molar-refractivity contribution in [3.8, 4) is 0 Å². The number of nitrogens with one attached hydrogen (secondary N) is 3. The van der Waals surface area contributed by atoms with Crippen molar-refractivity contribution in [2.45, 2.75) is 6.10 Å². The molecule has 0 bridgehead atoms. The number of ether oxygens (including phenoxy) is 1. The van der Waals surface area contributed by atoms with Gasteiger partial charge >= 0.3 is 0 Å². The third kappa shape index (κ3) is 2.34. The highest BCUT2D eigenvalue weighted by molar-refractivity contribution is 6.12. The number of hydrogen-bond donors (Lipinski definition) is 4. The van der Waals surface area contributed by atoms with Gasteiger partial charge < -0.3 is 26.1 Å². The molecule has 7 nitrogen and oxygen atoms in total. The number of morpholine rings is 1. The minimum Gasteiger partial charge on any atom is -0.384 e. The van der Waals surface area contributed by atoms with E-state index in [9.17, 15) is 0 Å². The van der Waals surface area contributed by atoms with Crippen LogP contribution in [0.25, 0.3) is 21.9 Å². The second-order valence-corrected chi connectivity index (χ2v) is 5.44. The first-order valence-corrected chi connectivity index (χ1v) is 7.39. The summed E-state index contributed by atoms with van der Waals surface area (Å²) in [4.78, 5) is 11.8. The number of H-pyrrole nitrogens is 1. The van der Waals surface area contributed by atoms with Gasteiger partial charge in [-0.2, -0.15) is 0 Å². The molecule has 114 valence electrons. The van der Waals surface area contributed by atoms with Crippen molar-refractivity contribution in [2.24, 2.45) is 0 Å². The van der Waals surface area contributed by atoms with Crippen molar-refractivity contribution in [1.29, 1.82) is 0 Å². The van der Waals surface area contributed by atoms with Gasteiger partial charge in [-0.1, -0.05) is 0 Å². The summed E-state index contributed by atoms with van der Waals surface area (Å²) in [7, 11) is 0. The monoisotopic (exact) mass is 298 g/mol. The number of nitrogens with two attached hydrogens (primary N) is 1. The van der Waals surface area contributed by atoms with E-state index in [1.165, 1.54) is 0 Å². The molecule has 0 amide bonds. The lowest BCUT2D eigenvalue weighted by Gasteiger charge is -2.24. The Balaban J connectivity index is 1.70. The predicted molar refractivity (Wildman–Crippen MR) is 86.9 cm³/mol. The molecular weight excluding hydrogens is 280 g/mol. The highest BCUT2D eigenvalue weighted by atomic mass is 16.5. The summed E-state index contributed by atoms with van der Waals surface area (Å²) in [5, 5.41) is 8.87. The van der Waals surface area contributed by atoms with Gasteiger partial charge in [0.25, 0.3) is 0 Å². The summed E-state index contributed by atoms with van der Waals surface area (Å²) in [5.41, 5.74) is 8.61. The first-order valence-electron chi connectivity index (χ1n) is 7.39. The zero-order valence-corrected chi connectivity index (χ0v) is 12.1. The van der Waals surface area contributed by atoms with Gasteiger partial charge in [-0.15, -0.1) is 0 Å². The molecule has 0 aromatic carbocycles. The maximum absolute atomic E-state index is 5.82. The van der Waals surface area contributed by atoms with Crippen LogP contribution in [0.4, 0.5) is 11.5 Å². The predicted octanol–water partition coefficient (Wildman–Crippen LogP) is 1.09. The number of fused-ring (bicyclic) bond motifs is 3. The average molecular weight is 298 g/mol. The molecule has 0 radical (unpaired) electrons. The van der Waals surface area contributed by atoms with Crippen molar-refractivity contribution < 1.29 is 4.74 Å². The largest absolute Gasteiger partial charge is 0.384 e. The molecule has 7 heteroatoms. The van der Waals surface area contributed by atoms with Crippen LogP contribution in [0, 0.1) is 0 Å². The Morgan fingerprint density at radius 3 is 3.23 bits per heavy atom. The number of aromatic amines is 1. The maximum Gasteiger partial charge on any atom is 0.140 e. The lowest BCUT2D eigenvalue weighted by molar-refractivity contribution is 0.0372. The molecule has 3 aromatic rings. The fourth-order valence-corrected chi connectivity index (χ4v) is 2.86. The number of aromatic nitrogens is 3. The quantitative estimate of drug-likeness (QED) is 0.577. The molecule has 22 heavy (non-hydrogen) atoms. The zero-order chi connectivity index (χ0) is 14.9. The van der Waals surface area contributed by atoms with E-state index in [1.54, 1.807) is 12.4 Å². The molecule has 0 spiro atoms. The van der Waals surface area contributed by atoms with E-state index >= 15 is 0 Å². The van der Waals surface area contributed by atoms with Gasteiger partial charge in [0.1, 0.15) is 11.5 Å². The highest BCUT2D eigenvalue weighted by Gasteiger charge is 2.15. The van der Waals surface area contributed by atoms with E-state index in [1.807, 2.05) is 12.1 Å². The van der Waals surface area contributed by atoms with Crippen LogP contribution in [-0.4, -0.2) is 47.3 Å². The normalized spacial score (nSPS) is 18.8. The number of pyridine rings is 2. The second kappa shape index (κ2) is 5.43. The summed E-state index contributed by atoms with van der Waals surface area (Å²) in [5.74, 6) is 0.503. The molecule has 4 rings (SSSR count). The van der Waals surface area contributed by atoms with Gasteiger partial charge in [0.05, 0.1) is 24.4 Å². The lowest BCUT2D eigenvalue weighted by atomic mass is 10.2. The van der Waals surface area contributed by atoms with Crippen molar-refractivity contribution in [2.75, 3.05) is 37.3 Å². The number of nitrogens with zero attached hydrogens (tertiary/aromatic N) is 2. The van der Waals surface area contributed by atoms with Gasteiger partial charge in [0.2, 0.25) is 0 Å². The number of nitrogen functional groups attached to an aromatic ring is 1. The summed E-state index contributed by atoms with van der Waals surface area (Å²) in [6.07, 6.45) is 3.70. The second-order valence-electron chi connectivity index (χ2n) is 5.44. The van der Waals surface area contributed by atoms with Gasteiger partial charge in [0, 0.05) is 42.3 Å². The van der Waals surface area contributed by atoms with E-state index in [0.717, 1.165) is 53.9 Å². The topological polar surface area (TPSA) is 101 Å². The van der Waals surface area contributed by atoms with Crippen LogP contribution in [-0.2, 0) is 4.74 Å². The van der Waals surface area contributed by atoms with Crippen LogP contribution in [0.1, 0.15) is 0 Å². The van der Waals surface area contributed by atoms with E-state index in [2.05, 4.69) is 25.6 Å². The Morgan fingerprint density at radius 1 is 1.41 bits per heavy atom. The molecule has 1 fully saturated rings. The van der Waals surface area contributed by atoms with Crippen molar-refractivity contribution in [3.05, 3.63) is 24.5 Å². The fraction of sp³-hybridized carbons (Fsp3) is 0.333. The van der Waals surface area contributed by atoms with Gasteiger partial charge in [-0.25, -0.2) is 9.97 Å². The van der Waals surface area contributed by atoms with Crippen LogP contribution in [0.3, 0.4) is 0 Å². The molecule has 1 aliphatic heterocycles. The minimum atomic E-state index is 0.175. The van der Waals surface area contributed by atoms with E-state index in [-0.39, 0.29) is 6.10 Å². The van der Waals surface area contributed by atoms with E-state index in [0.29, 0.717) is 5.82 Å². The molecular formula is C15H18N6O. The first kappa shape index (κ1) is 13.3. The summed E-state index contributed by atoms with van der Waals surface area (Å²) in [6, 6.07) is 3.85. The summed E-state index contributed by atoms with van der Waals surface area (Å²) >= 11 is 0. The zero-order valence-electron chi connectivity index (χ0n) is 12.1. The van der Waals surface area contributed by atoms with Crippen LogP contribution in [0.5, 0.6) is 0 Å². The molecule has 1 saturated heterocycles. The van der Waals surface area contributed by atoms with Crippen molar-refractivity contribution >= 4 is 33.4 Å². The van der Waals surface area contributed by atoms with E-state index in [4.69, 9.17) is 10.5 Å². The van der Waals surface area contributed by atoms with E-state index < -0.39 is 0 Å². The maximum atomic E-state index is 5.82. The fourth-order valence-electron chi connectivity index (χ4n) is 2.86. The Kier molecular flexibility index (Phi) is 3.28. The first-order chi connectivity index (χ1) is 10.8. The van der Waals surface area contributed by atoms with Gasteiger partial charge in [0.15, 0.2) is 0 Å². The summed E-state index contributed by atoms with van der Waals surface area (Å²) < 4.78 is 5.72. The number of anilines is 2. The third-order valence-corrected chi connectivity index (χ3v) is 3.92.